The maximum Gasteiger partial charge on any atom is 0.326 e. The zero-order valence-corrected chi connectivity index (χ0v) is 9.54. The van der Waals surface area contributed by atoms with Crippen LogP contribution in [0.4, 0.5) is 0 Å². The Morgan fingerprint density at radius 3 is 2.27 bits per heavy atom. The molecule has 0 aromatic carbocycles. The number of hydrogen-bond donors (Lipinski definition) is 3. The van der Waals surface area contributed by atoms with Gasteiger partial charge in [-0.25, -0.2) is 4.79 Å². The molecule has 0 saturated carbocycles. The molecule has 0 bridgehead atoms. The monoisotopic (exact) mass is 216 g/mol. The largest absolute Gasteiger partial charge is 0.480 e. The molecule has 4 N–H and O–H groups in total. The van der Waals surface area contributed by atoms with Gasteiger partial charge < -0.3 is 16.2 Å². The van der Waals surface area contributed by atoms with Gasteiger partial charge in [0.15, 0.2) is 0 Å². The molecule has 0 fully saturated rings. The van der Waals surface area contributed by atoms with Gasteiger partial charge in [-0.1, -0.05) is 20.8 Å². The molecule has 1 atom stereocenters. The maximum absolute atomic E-state index is 11.3. The predicted octanol–water partition coefficient (Wildman–Crippen LogP) is 0.341. The number of nitrogens with one attached hydrogen (secondary N) is 1. The first-order chi connectivity index (χ1) is 6.79. The van der Waals surface area contributed by atoms with Crippen LogP contribution in [0.2, 0.25) is 0 Å². The summed E-state index contributed by atoms with van der Waals surface area (Å²) in [5.41, 5.74) is 4.76. The second-order valence-electron chi connectivity index (χ2n) is 4.60. The van der Waals surface area contributed by atoms with E-state index in [-0.39, 0.29) is 12.3 Å². The number of carbonyl (C=O) groups excluding carboxylic acids is 1. The van der Waals surface area contributed by atoms with Gasteiger partial charge in [0.05, 0.1) is 0 Å². The fraction of sp³-hybridized carbons (Fsp3) is 0.800. The lowest BCUT2D eigenvalue weighted by Gasteiger charge is -2.27. The van der Waals surface area contributed by atoms with E-state index in [1.165, 1.54) is 0 Å². The second kappa shape index (κ2) is 5.70. The fourth-order valence-electron chi connectivity index (χ4n) is 1.14. The molecule has 0 aliphatic carbocycles. The number of carboxylic acids is 1. The number of carbonyl (C=O) groups is 2. The average molecular weight is 216 g/mol. The molecule has 0 saturated heterocycles. The summed E-state index contributed by atoms with van der Waals surface area (Å²) >= 11 is 0. The summed E-state index contributed by atoms with van der Waals surface area (Å²) in [7, 11) is 0. The molecule has 0 radical (unpaired) electrons. The van der Waals surface area contributed by atoms with Gasteiger partial charge in [-0.15, -0.1) is 0 Å². The topological polar surface area (TPSA) is 92.4 Å². The van der Waals surface area contributed by atoms with Crippen molar-refractivity contribution in [3.8, 4) is 0 Å². The minimum Gasteiger partial charge on any atom is -0.480 e. The standard InChI is InChI=1S/C10H20N2O3/c1-10(2,3)8(9(14)15)12-7(13)5-4-6-11/h8H,4-6,11H2,1-3H3,(H,12,13)(H,14,15)/t8-/m1/s1. The van der Waals surface area contributed by atoms with Gasteiger partial charge in [0.1, 0.15) is 6.04 Å². The molecule has 88 valence electrons. The number of nitrogens with two attached hydrogens (primary N) is 1. The zero-order chi connectivity index (χ0) is 12.1. The first-order valence-corrected chi connectivity index (χ1v) is 5.01. The van der Waals surface area contributed by atoms with Gasteiger partial charge in [-0.3, -0.25) is 4.79 Å². The van der Waals surface area contributed by atoms with E-state index in [4.69, 9.17) is 10.8 Å². The molecule has 0 aromatic rings. The van der Waals surface area contributed by atoms with Crippen LogP contribution < -0.4 is 11.1 Å². The molecular formula is C10H20N2O3. The van der Waals surface area contributed by atoms with E-state index in [0.717, 1.165) is 0 Å². The van der Waals surface area contributed by atoms with Gasteiger partial charge in [0.2, 0.25) is 5.91 Å². The lowest BCUT2D eigenvalue weighted by atomic mass is 9.86. The van der Waals surface area contributed by atoms with E-state index >= 15 is 0 Å². The molecule has 5 nitrogen and oxygen atoms in total. The molecule has 0 aromatic heterocycles. The summed E-state index contributed by atoms with van der Waals surface area (Å²) < 4.78 is 0. The van der Waals surface area contributed by atoms with Crippen LogP contribution in [0, 0.1) is 5.41 Å². The molecule has 0 aliphatic rings. The van der Waals surface area contributed by atoms with Crippen molar-refractivity contribution in [3.63, 3.8) is 0 Å². The Morgan fingerprint density at radius 2 is 1.93 bits per heavy atom. The van der Waals surface area contributed by atoms with Crippen LogP contribution in [0.1, 0.15) is 33.6 Å². The molecule has 0 heterocycles. The average Bonchev–Trinajstić information content (AvgIpc) is 2.08. The van der Waals surface area contributed by atoms with Crippen molar-refractivity contribution in [3.05, 3.63) is 0 Å². The van der Waals surface area contributed by atoms with Crippen molar-refractivity contribution in [1.29, 1.82) is 0 Å². The van der Waals surface area contributed by atoms with Gasteiger partial charge in [0.25, 0.3) is 0 Å². The summed E-state index contributed by atoms with van der Waals surface area (Å²) in [5.74, 6) is -1.27. The Balaban J connectivity index is 4.31. The minimum atomic E-state index is -1.01. The predicted molar refractivity (Wildman–Crippen MR) is 57.3 cm³/mol. The van der Waals surface area contributed by atoms with Crippen LogP contribution in [0.15, 0.2) is 0 Å². The summed E-state index contributed by atoms with van der Waals surface area (Å²) in [6.45, 7) is 5.75. The summed E-state index contributed by atoms with van der Waals surface area (Å²) in [5, 5.41) is 11.4. The molecule has 0 unspecified atom stereocenters. The third kappa shape index (κ3) is 5.37. The molecule has 0 spiro atoms. The highest BCUT2D eigenvalue weighted by Gasteiger charge is 2.32. The van der Waals surface area contributed by atoms with Gasteiger partial charge in [-0.2, -0.15) is 0 Å². The first-order valence-electron chi connectivity index (χ1n) is 5.01. The Labute approximate surface area is 90.0 Å². The van der Waals surface area contributed by atoms with Crippen molar-refractivity contribution in [2.45, 2.75) is 39.7 Å². The number of aliphatic carboxylic acids is 1. The van der Waals surface area contributed by atoms with E-state index in [0.29, 0.717) is 13.0 Å². The third-order valence-electron chi connectivity index (χ3n) is 2.03. The summed E-state index contributed by atoms with van der Waals surface area (Å²) in [6.07, 6.45) is 0.846. The van der Waals surface area contributed by atoms with Crippen LogP contribution >= 0.6 is 0 Å². The Bertz CT molecular complexity index is 233. The molecular weight excluding hydrogens is 196 g/mol. The second-order valence-corrected chi connectivity index (χ2v) is 4.60. The smallest absolute Gasteiger partial charge is 0.326 e. The van der Waals surface area contributed by atoms with Crippen molar-refractivity contribution in [2.75, 3.05) is 6.54 Å². The normalized spacial score (nSPS) is 13.3. The fourth-order valence-corrected chi connectivity index (χ4v) is 1.14. The van der Waals surface area contributed by atoms with Gasteiger partial charge in [0, 0.05) is 6.42 Å². The lowest BCUT2D eigenvalue weighted by Crippen LogP contribution is -2.49. The number of rotatable bonds is 5. The molecule has 0 rings (SSSR count). The number of hydrogen-bond acceptors (Lipinski definition) is 3. The molecule has 15 heavy (non-hydrogen) atoms. The third-order valence-corrected chi connectivity index (χ3v) is 2.03. The highest BCUT2D eigenvalue weighted by atomic mass is 16.4. The maximum atomic E-state index is 11.3. The number of amides is 1. The Morgan fingerprint density at radius 1 is 1.40 bits per heavy atom. The van der Waals surface area contributed by atoms with E-state index < -0.39 is 17.4 Å². The summed E-state index contributed by atoms with van der Waals surface area (Å²) in [4.78, 5) is 22.2. The molecule has 1 amide bonds. The Hall–Kier alpha value is -1.10. The van der Waals surface area contributed by atoms with Crippen LogP contribution in [-0.4, -0.2) is 29.6 Å². The lowest BCUT2D eigenvalue weighted by molar-refractivity contribution is -0.144. The van der Waals surface area contributed by atoms with Crippen molar-refractivity contribution < 1.29 is 14.7 Å². The highest BCUT2D eigenvalue weighted by Crippen LogP contribution is 2.19. The van der Waals surface area contributed by atoms with E-state index in [2.05, 4.69) is 5.32 Å². The Kier molecular flexibility index (Phi) is 5.28. The van der Waals surface area contributed by atoms with Gasteiger partial charge >= 0.3 is 5.97 Å². The van der Waals surface area contributed by atoms with Crippen LogP contribution in [0.3, 0.4) is 0 Å². The van der Waals surface area contributed by atoms with E-state index in [1.807, 2.05) is 0 Å². The van der Waals surface area contributed by atoms with Gasteiger partial charge in [-0.05, 0) is 18.4 Å². The van der Waals surface area contributed by atoms with Crippen molar-refractivity contribution in [1.82, 2.24) is 5.32 Å². The summed E-state index contributed by atoms with van der Waals surface area (Å²) in [6, 6.07) is -0.859. The highest BCUT2D eigenvalue weighted by molar-refractivity contribution is 5.84. The van der Waals surface area contributed by atoms with E-state index in [1.54, 1.807) is 20.8 Å². The van der Waals surface area contributed by atoms with Crippen LogP contribution in [-0.2, 0) is 9.59 Å². The number of carboxylic acid groups (broad SMARTS) is 1. The zero-order valence-electron chi connectivity index (χ0n) is 9.54. The van der Waals surface area contributed by atoms with Crippen molar-refractivity contribution >= 4 is 11.9 Å². The SMILES string of the molecule is CC(C)(C)[C@H](NC(=O)CCCN)C(=O)O. The minimum absolute atomic E-state index is 0.261. The van der Waals surface area contributed by atoms with Crippen LogP contribution in [0.25, 0.3) is 0 Å². The van der Waals surface area contributed by atoms with Crippen molar-refractivity contribution in [2.24, 2.45) is 11.1 Å². The molecule has 0 aliphatic heterocycles. The van der Waals surface area contributed by atoms with E-state index in [9.17, 15) is 9.59 Å². The first kappa shape index (κ1) is 13.9. The quantitative estimate of drug-likeness (QED) is 0.618. The van der Waals surface area contributed by atoms with Crippen LogP contribution in [0.5, 0.6) is 0 Å². The molecule has 5 heteroatoms.